The van der Waals surface area contributed by atoms with Gasteiger partial charge in [0.15, 0.2) is 40.6 Å². The summed E-state index contributed by atoms with van der Waals surface area (Å²) in [6, 6.07) is 109. The van der Waals surface area contributed by atoms with E-state index in [2.05, 4.69) is 157 Å². The topological polar surface area (TPSA) is 105 Å². The molecule has 2 aromatic heterocycles. The largest absolute Gasteiger partial charge is 0.238 e. The summed E-state index contributed by atoms with van der Waals surface area (Å²) < 4.78 is 0. The molecule has 420 valence electrons. The predicted octanol–water partition coefficient (Wildman–Crippen LogP) is 20.8. The van der Waals surface area contributed by atoms with Crippen LogP contribution in [-0.2, 0) is 0 Å². The fourth-order valence-corrected chi connectivity index (χ4v) is 11.1. The third-order valence-electron chi connectivity index (χ3n) is 15.9. The number of fused-ring (bicyclic) bond motifs is 2. The molecular formula is C82H52N8. The Morgan fingerprint density at radius 1 is 0.233 bits per heavy atom. The first-order valence-electron chi connectivity index (χ1n) is 29.6. The molecule has 0 unspecified atom stereocenters. The maximum atomic E-state index is 9.50. The molecule has 15 rings (SSSR count). The molecule has 0 amide bonds. The highest BCUT2D eigenvalue weighted by atomic mass is 15.0. The first-order valence-corrected chi connectivity index (χ1v) is 29.6. The van der Waals surface area contributed by atoms with Crippen molar-refractivity contribution in [2.75, 3.05) is 0 Å². The minimum Gasteiger partial charge on any atom is -0.238 e. The first kappa shape index (κ1) is 55.3. The van der Waals surface area contributed by atoms with E-state index in [4.69, 9.17) is 36.5 Å². The van der Waals surface area contributed by atoms with E-state index in [1.807, 2.05) is 170 Å². The van der Waals surface area contributed by atoms with Crippen LogP contribution in [0.4, 0.5) is 5.69 Å². The Kier molecular flexibility index (Phi) is 15.4. The predicted molar refractivity (Wildman–Crippen MR) is 365 cm³/mol. The van der Waals surface area contributed by atoms with E-state index in [0.29, 0.717) is 46.2 Å². The number of hydrogen-bond acceptors (Lipinski definition) is 7. The highest BCUT2D eigenvalue weighted by Crippen LogP contribution is 2.35. The molecule has 0 N–H and O–H groups in total. The first-order chi connectivity index (χ1) is 44.4. The van der Waals surface area contributed by atoms with Gasteiger partial charge in [-0.3, -0.25) is 0 Å². The van der Waals surface area contributed by atoms with Crippen LogP contribution in [0.5, 0.6) is 0 Å². The number of hydrogen-bond donors (Lipinski definition) is 0. The van der Waals surface area contributed by atoms with Crippen molar-refractivity contribution in [3.05, 3.63) is 332 Å². The molecule has 2 heterocycles. The average molecular weight is 1150 g/mol. The van der Waals surface area contributed by atoms with Gasteiger partial charge in [0, 0.05) is 33.4 Å². The van der Waals surface area contributed by atoms with Crippen LogP contribution in [0, 0.1) is 17.9 Å². The van der Waals surface area contributed by atoms with Crippen LogP contribution in [0.2, 0.25) is 0 Å². The van der Waals surface area contributed by atoms with Crippen molar-refractivity contribution in [2.45, 2.75) is 0 Å². The highest BCUT2D eigenvalue weighted by Gasteiger charge is 2.16. The van der Waals surface area contributed by atoms with E-state index in [0.717, 1.165) is 89.0 Å². The zero-order chi connectivity index (χ0) is 60.6. The maximum Gasteiger partial charge on any atom is 0.187 e. The Balaban J connectivity index is 0.000000159. The van der Waals surface area contributed by atoms with Gasteiger partial charge in [0.1, 0.15) is 0 Å². The van der Waals surface area contributed by atoms with Crippen LogP contribution in [-0.4, -0.2) is 29.9 Å². The van der Waals surface area contributed by atoms with Crippen LogP contribution < -0.4 is 0 Å². The van der Waals surface area contributed by atoms with Gasteiger partial charge in [-0.15, -0.1) is 0 Å². The molecule has 0 spiro atoms. The van der Waals surface area contributed by atoms with E-state index < -0.39 is 0 Å². The quantitative estimate of drug-likeness (QED) is 0.119. The van der Waals surface area contributed by atoms with Crippen LogP contribution in [0.15, 0.2) is 315 Å². The van der Waals surface area contributed by atoms with Gasteiger partial charge < -0.3 is 0 Å². The lowest BCUT2D eigenvalue weighted by Crippen LogP contribution is -2.00. The molecule has 0 saturated heterocycles. The van der Waals surface area contributed by atoms with E-state index in [1.165, 1.54) is 21.5 Å². The Labute approximate surface area is 522 Å². The number of nitriles is 1. The standard InChI is InChI=1S/C44H28N4.C38H24N4/c45-29-40-13-7-8-14-41(40)32-19-15-30(16-20-32)36-23-25-39-28-37(24-26-38(39)27-36)31-17-21-35(22-18-31)44-47-42(33-9-3-1-4-10-33)46-43(48-44)34-11-5-2-6-12-34;1-39-35-22-20-27(21-23-35)33-19-15-28-14-18-32(24-34(28)25-33)26-12-16-31(17-13-26)38-41-36(29-8-4-2-5-9-29)40-37(42-38)30-10-6-3-7-11-30/h1-28H;2-25H. The number of aromatic nitrogens is 6. The Morgan fingerprint density at radius 3 is 0.822 bits per heavy atom. The summed E-state index contributed by atoms with van der Waals surface area (Å²) >= 11 is 0. The monoisotopic (exact) mass is 1150 g/mol. The van der Waals surface area contributed by atoms with Crippen molar-refractivity contribution in [3.8, 4) is 130 Å². The molecule has 0 bridgehead atoms. The molecule has 13 aromatic carbocycles. The second-order valence-electron chi connectivity index (χ2n) is 21.7. The van der Waals surface area contributed by atoms with Crippen molar-refractivity contribution >= 4 is 27.2 Å². The van der Waals surface area contributed by atoms with E-state index in [1.54, 1.807) is 0 Å². The van der Waals surface area contributed by atoms with E-state index in [-0.39, 0.29) is 0 Å². The Bertz CT molecular complexity index is 5030. The summed E-state index contributed by atoms with van der Waals surface area (Å²) in [5, 5.41) is 14.2. The number of rotatable bonds is 11. The Hall–Kier alpha value is -12.6. The molecule has 90 heavy (non-hydrogen) atoms. The van der Waals surface area contributed by atoms with Crippen molar-refractivity contribution < 1.29 is 0 Å². The minimum absolute atomic E-state index is 0.640. The van der Waals surface area contributed by atoms with Crippen LogP contribution in [0.25, 0.3) is 150 Å². The van der Waals surface area contributed by atoms with Crippen molar-refractivity contribution in [1.29, 1.82) is 5.26 Å². The van der Waals surface area contributed by atoms with Gasteiger partial charge in [0.2, 0.25) is 0 Å². The molecule has 15 aromatic rings. The lowest BCUT2D eigenvalue weighted by atomic mass is 9.95. The summed E-state index contributed by atoms with van der Waals surface area (Å²) in [4.78, 5) is 32.6. The molecule has 0 aliphatic rings. The zero-order valence-electron chi connectivity index (χ0n) is 48.6. The summed E-state index contributed by atoms with van der Waals surface area (Å²) in [5.74, 6) is 3.88. The van der Waals surface area contributed by atoms with Gasteiger partial charge >= 0.3 is 0 Å². The van der Waals surface area contributed by atoms with Gasteiger partial charge in [-0.05, 0) is 108 Å². The summed E-state index contributed by atoms with van der Waals surface area (Å²) in [7, 11) is 0. The van der Waals surface area contributed by atoms with Crippen LogP contribution in [0.1, 0.15) is 5.56 Å². The molecule has 0 radical (unpaired) electrons. The number of nitrogens with zero attached hydrogens (tertiary/aromatic N) is 8. The van der Waals surface area contributed by atoms with Crippen molar-refractivity contribution in [3.63, 3.8) is 0 Å². The fraction of sp³-hybridized carbons (Fsp3) is 0. The zero-order valence-corrected chi connectivity index (χ0v) is 48.6. The van der Waals surface area contributed by atoms with E-state index >= 15 is 0 Å². The third kappa shape index (κ3) is 12.0. The van der Waals surface area contributed by atoms with Crippen molar-refractivity contribution in [1.82, 2.24) is 29.9 Å². The SMILES string of the molecule is N#Cc1ccccc1-c1ccc(-c2ccc3cc(-c4ccc(-c5nc(-c6ccccc6)nc(-c6ccccc6)n5)cc4)ccc3c2)cc1.[C-]#[N+]c1ccc(-c2ccc3ccc(-c4ccc(-c5nc(-c6ccccc6)nc(-c6ccccc6)n5)cc4)cc3c2)cc1. The van der Waals surface area contributed by atoms with Gasteiger partial charge in [-0.2, -0.15) is 5.26 Å². The number of benzene rings is 13. The summed E-state index contributed by atoms with van der Waals surface area (Å²) in [6.07, 6.45) is 0. The average Bonchev–Trinajstić information content (AvgIpc) is 1.67. The van der Waals surface area contributed by atoms with Gasteiger partial charge in [-0.1, -0.05) is 285 Å². The molecule has 0 fully saturated rings. The lowest BCUT2D eigenvalue weighted by molar-refractivity contribution is 1.07. The normalized spacial score (nSPS) is 10.9. The second kappa shape index (κ2) is 25.1. The second-order valence-corrected chi connectivity index (χ2v) is 21.7. The Morgan fingerprint density at radius 2 is 0.489 bits per heavy atom. The van der Waals surface area contributed by atoms with Crippen LogP contribution in [0.3, 0.4) is 0 Å². The molecule has 0 saturated carbocycles. The smallest absolute Gasteiger partial charge is 0.187 e. The highest BCUT2D eigenvalue weighted by molar-refractivity contribution is 5.93. The summed E-state index contributed by atoms with van der Waals surface area (Å²) in [5.41, 5.74) is 18.0. The molecule has 0 atom stereocenters. The lowest BCUT2D eigenvalue weighted by Gasteiger charge is -2.10. The van der Waals surface area contributed by atoms with Gasteiger partial charge in [0.25, 0.3) is 0 Å². The molecular weight excluding hydrogens is 1100 g/mol. The summed E-state index contributed by atoms with van der Waals surface area (Å²) in [6.45, 7) is 7.20. The molecule has 8 heteroatoms. The maximum absolute atomic E-state index is 9.50. The van der Waals surface area contributed by atoms with E-state index in [9.17, 15) is 5.26 Å². The molecule has 0 aliphatic heterocycles. The minimum atomic E-state index is 0.640. The van der Waals surface area contributed by atoms with Crippen molar-refractivity contribution in [2.24, 2.45) is 0 Å². The van der Waals surface area contributed by atoms with Gasteiger partial charge in [0.05, 0.1) is 18.2 Å². The fourth-order valence-electron chi connectivity index (χ4n) is 11.1. The molecule has 0 aliphatic carbocycles. The third-order valence-corrected chi connectivity index (χ3v) is 15.9. The van der Waals surface area contributed by atoms with Crippen LogP contribution >= 0.6 is 0 Å². The van der Waals surface area contributed by atoms with Gasteiger partial charge in [-0.25, -0.2) is 34.7 Å². The molecule has 8 nitrogen and oxygen atoms in total.